The average Bonchev–Trinajstić information content (AvgIpc) is 3.07. The number of nitrogens with zero attached hydrogens (tertiary/aromatic N) is 1. The van der Waals surface area contributed by atoms with E-state index in [0.29, 0.717) is 13.0 Å². The molecule has 1 aromatic carbocycles. The highest BCUT2D eigenvalue weighted by molar-refractivity contribution is 6.34. The maximum Gasteiger partial charge on any atom is 0.311 e. The molecule has 0 radical (unpaired) electrons. The molecular formula is C18H26N2O4. The molecule has 24 heavy (non-hydrogen) atoms. The highest BCUT2D eigenvalue weighted by atomic mass is 16.5. The Hall–Kier alpha value is -2.24. The van der Waals surface area contributed by atoms with Gasteiger partial charge in [-0.2, -0.15) is 0 Å². The summed E-state index contributed by atoms with van der Waals surface area (Å²) in [6, 6.07) is 5.78. The molecule has 0 aliphatic heterocycles. The van der Waals surface area contributed by atoms with Crippen molar-refractivity contribution in [3.8, 4) is 11.5 Å². The maximum absolute atomic E-state index is 11.6. The Bertz CT molecular complexity index is 580. The van der Waals surface area contributed by atoms with Gasteiger partial charge in [0.1, 0.15) is 0 Å². The number of carbonyl (C=O) groups is 2. The van der Waals surface area contributed by atoms with Crippen LogP contribution < -0.4 is 14.8 Å². The van der Waals surface area contributed by atoms with Crippen LogP contribution in [0.4, 0.5) is 0 Å². The molecule has 0 spiro atoms. The van der Waals surface area contributed by atoms with Crippen LogP contribution in [-0.4, -0.2) is 50.6 Å². The minimum atomic E-state index is -0.587. The molecule has 2 amide bonds. The van der Waals surface area contributed by atoms with E-state index < -0.39 is 11.8 Å². The third-order valence-electron chi connectivity index (χ3n) is 4.12. The van der Waals surface area contributed by atoms with Crippen molar-refractivity contribution < 1.29 is 19.1 Å². The third-order valence-corrected chi connectivity index (χ3v) is 4.12. The molecule has 0 atom stereocenters. The Kier molecular flexibility index (Phi) is 6.46. The Morgan fingerprint density at radius 2 is 1.92 bits per heavy atom. The highest BCUT2D eigenvalue weighted by Gasteiger charge is 2.19. The molecule has 1 aliphatic carbocycles. The summed E-state index contributed by atoms with van der Waals surface area (Å²) in [7, 11) is 4.74. The first-order chi connectivity index (χ1) is 11.5. The standard InChI is InChI=1S/C18H26N2O4/c1-20(2)18(22)17(21)19-11-10-13-8-9-15(23-3)16(12-13)24-14-6-4-5-7-14/h8-9,12,14H,4-7,10-11H2,1-3H3,(H,19,21). The van der Waals surface area contributed by atoms with Gasteiger partial charge in [-0.3, -0.25) is 9.59 Å². The topological polar surface area (TPSA) is 67.9 Å². The summed E-state index contributed by atoms with van der Waals surface area (Å²) in [4.78, 5) is 24.4. The van der Waals surface area contributed by atoms with E-state index in [-0.39, 0.29) is 6.10 Å². The number of methoxy groups -OCH3 is 1. The van der Waals surface area contributed by atoms with Crippen LogP contribution in [0.2, 0.25) is 0 Å². The lowest BCUT2D eigenvalue weighted by Crippen LogP contribution is -2.39. The number of nitrogens with one attached hydrogen (secondary N) is 1. The number of likely N-dealkylation sites (N-methyl/N-ethyl adjacent to an activating group) is 1. The molecule has 6 heteroatoms. The van der Waals surface area contributed by atoms with Crippen LogP contribution in [-0.2, 0) is 16.0 Å². The number of rotatable bonds is 6. The van der Waals surface area contributed by atoms with Gasteiger partial charge < -0.3 is 19.7 Å². The number of benzene rings is 1. The van der Waals surface area contributed by atoms with Crippen LogP contribution >= 0.6 is 0 Å². The van der Waals surface area contributed by atoms with Crippen LogP contribution in [0.5, 0.6) is 11.5 Å². The maximum atomic E-state index is 11.6. The molecule has 6 nitrogen and oxygen atoms in total. The monoisotopic (exact) mass is 334 g/mol. The van der Waals surface area contributed by atoms with E-state index in [4.69, 9.17) is 9.47 Å². The van der Waals surface area contributed by atoms with Crippen LogP contribution in [0.1, 0.15) is 31.2 Å². The van der Waals surface area contributed by atoms with E-state index in [9.17, 15) is 9.59 Å². The zero-order valence-electron chi connectivity index (χ0n) is 14.6. The molecule has 1 aromatic rings. The molecule has 0 saturated heterocycles. The van der Waals surface area contributed by atoms with Gasteiger partial charge in [-0.05, 0) is 49.8 Å². The molecule has 0 unspecified atom stereocenters. The van der Waals surface area contributed by atoms with Gasteiger partial charge in [0.15, 0.2) is 11.5 Å². The predicted molar refractivity (Wildman–Crippen MR) is 91.3 cm³/mol. The predicted octanol–water partition coefficient (Wildman–Crippen LogP) is 1.76. The lowest BCUT2D eigenvalue weighted by atomic mass is 10.1. The number of carbonyl (C=O) groups excluding carboxylic acids is 2. The first kappa shape index (κ1) is 18.1. The fraction of sp³-hybridized carbons (Fsp3) is 0.556. The second-order valence-electron chi connectivity index (χ2n) is 6.22. The summed E-state index contributed by atoms with van der Waals surface area (Å²) in [5.74, 6) is 0.334. The van der Waals surface area contributed by atoms with E-state index in [2.05, 4.69) is 5.32 Å². The smallest absolute Gasteiger partial charge is 0.311 e. The second-order valence-corrected chi connectivity index (χ2v) is 6.22. The van der Waals surface area contributed by atoms with Gasteiger partial charge in [-0.1, -0.05) is 6.07 Å². The first-order valence-electron chi connectivity index (χ1n) is 8.34. The summed E-state index contributed by atoms with van der Waals surface area (Å²) in [5.41, 5.74) is 1.03. The van der Waals surface area contributed by atoms with Crippen molar-refractivity contribution in [3.63, 3.8) is 0 Å². The highest BCUT2D eigenvalue weighted by Crippen LogP contribution is 2.32. The van der Waals surface area contributed by atoms with Crippen molar-refractivity contribution in [3.05, 3.63) is 23.8 Å². The van der Waals surface area contributed by atoms with E-state index in [0.717, 1.165) is 29.9 Å². The average molecular weight is 334 g/mol. The molecule has 132 valence electrons. The van der Waals surface area contributed by atoms with Crippen LogP contribution in [0.3, 0.4) is 0 Å². The van der Waals surface area contributed by atoms with Gasteiger partial charge in [0.25, 0.3) is 0 Å². The zero-order chi connectivity index (χ0) is 17.5. The van der Waals surface area contributed by atoms with Crippen molar-refractivity contribution in [2.24, 2.45) is 0 Å². The van der Waals surface area contributed by atoms with Crippen LogP contribution in [0, 0.1) is 0 Å². The number of hydrogen-bond donors (Lipinski definition) is 1. The molecule has 0 aromatic heterocycles. The molecule has 1 fully saturated rings. The molecular weight excluding hydrogens is 308 g/mol. The normalized spacial score (nSPS) is 14.3. The number of hydrogen-bond acceptors (Lipinski definition) is 4. The fourth-order valence-corrected chi connectivity index (χ4v) is 2.75. The zero-order valence-corrected chi connectivity index (χ0v) is 14.6. The lowest BCUT2D eigenvalue weighted by Gasteiger charge is -2.17. The largest absolute Gasteiger partial charge is 0.493 e. The summed E-state index contributed by atoms with van der Waals surface area (Å²) in [5, 5.41) is 2.63. The van der Waals surface area contributed by atoms with E-state index in [1.165, 1.54) is 17.7 Å². The van der Waals surface area contributed by atoms with Crippen molar-refractivity contribution >= 4 is 11.8 Å². The molecule has 2 rings (SSSR count). The van der Waals surface area contributed by atoms with Gasteiger partial charge in [-0.25, -0.2) is 0 Å². The van der Waals surface area contributed by atoms with Crippen molar-refractivity contribution in [2.45, 2.75) is 38.2 Å². The van der Waals surface area contributed by atoms with Crippen molar-refractivity contribution in [1.29, 1.82) is 0 Å². The summed E-state index contributed by atoms with van der Waals surface area (Å²) >= 11 is 0. The van der Waals surface area contributed by atoms with Crippen LogP contribution in [0.25, 0.3) is 0 Å². The lowest BCUT2D eigenvalue weighted by molar-refractivity contribution is -0.144. The Balaban J connectivity index is 1.93. The number of amides is 2. The van der Waals surface area contributed by atoms with Gasteiger partial charge in [0.05, 0.1) is 13.2 Å². The Morgan fingerprint density at radius 3 is 2.54 bits per heavy atom. The molecule has 0 bridgehead atoms. The van der Waals surface area contributed by atoms with Gasteiger partial charge in [0, 0.05) is 20.6 Å². The SMILES string of the molecule is COc1ccc(CCNC(=O)C(=O)N(C)C)cc1OC1CCCC1. The Morgan fingerprint density at radius 1 is 1.21 bits per heavy atom. The first-order valence-corrected chi connectivity index (χ1v) is 8.34. The van der Waals surface area contributed by atoms with Gasteiger partial charge in [-0.15, -0.1) is 0 Å². The Labute approximate surface area is 143 Å². The molecule has 1 saturated carbocycles. The van der Waals surface area contributed by atoms with E-state index >= 15 is 0 Å². The minimum Gasteiger partial charge on any atom is -0.493 e. The molecule has 1 aliphatic rings. The summed E-state index contributed by atoms with van der Waals surface area (Å²) < 4.78 is 11.4. The summed E-state index contributed by atoms with van der Waals surface area (Å²) in [6.07, 6.45) is 5.45. The second kappa shape index (κ2) is 8.57. The van der Waals surface area contributed by atoms with E-state index in [1.807, 2.05) is 18.2 Å². The summed E-state index contributed by atoms with van der Waals surface area (Å²) in [6.45, 7) is 0.396. The van der Waals surface area contributed by atoms with E-state index in [1.54, 1.807) is 21.2 Å². The van der Waals surface area contributed by atoms with Crippen molar-refractivity contribution in [1.82, 2.24) is 10.2 Å². The van der Waals surface area contributed by atoms with Gasteiger partial charge in [0.2, 0.25) is 0 Å². The minimum absolute atomic E-state index is 0.256. The third kappa shape index (κ3) is 4.88. The van der Waals surface area contributed by atoms with Crippen LogP contribution in [0.15, 0.2) is 18.2 Å². The van der Waals surface area contributed by atoms with Gasteiger partial charge >= 0.3 is 11.8 Å². The molecule has 1 N–H and O–H groups in total. The number of ether oxygens (including phenoxy) is 2. The molecule has 0 heterocycles. The van der Waals surface area contributed by atoms with Crippen molar-refractivity contribution in [2.75, 3.05) is 27.7 Å². The quantitative estimate of drug-likeness (QED) is 0.805. The fourth-order valence-electron chi connectivity index (χ4n) is 2.75.